The van der Waals surface area contributed by atoms with Gasteiger partial charge in [-0.25, -0.2) is 4.79 Å². The molecule has 0 aliphatic carbocycles. The van der Waals surface area contributed by atoms with Crippen molar-refractivity contribution in [2.45, 2.75) is 31.8 Å². The third-order valence-corrected chi connectivity index (χ3v) is 4.43. The van der Waals surface area contributed by atoms with Gasteiger partial charge in [-0.3, -0.25) is 14.7 Å². The zero-order chi connectivity index (χ0) is 15.0. The monoisotopic (exact) mass is 289 g/mol. The number of fused-ring (bicyclic) bond motifs is 1. The Morgan fingerprint density at radius 1 is 1.33 bits per heavy atom. The smallest absolute Gasteiger partial charge is 0.337 e. The van der Waals surface area contributed by atoms with Gasteiger partial charge >= 0.3 is 5.97 Å². The Morgan fingerprint density at radius 2 is 2.14 bits per heavy atom. The highest BCUT2D eigenvalue weighted by atomic mass is 16.4. The van der Waals surface area contributed by atoms with Gasteiger partial charge in [0.2, 0.25) is 0 Å². The van der Waals surface area contributed by atoms with Gasteiger partial charge in [0.05, 0.1) is 5.56 Å². The molecule has 1 N–H and O–H groups in total. The van der Waals surface area contributed by atoms with Crippen molar-refractivity contribution in [2.75, 3.05) is 19.6 Å². The van der Waals surface area contributed by atoms with E-state index >= 15 is 0 Å². The molecule has 1 amide bonds. The number of carboxylic acid groups (broad SMARTS) is 1. The van der Waals surface area contributed by atoms with Crippen molar-refractivity contribution in [3.8, 4) is 0 Å². The molecule has 3 heterocycles. The Balaban J connectivity index is 1.76. The zero-order valence-electron chi connectivity index (χ0n) is 12.0. The van der Waals surface area contributed by atoms with Crippen molar-refractivity contribution in [3.63, 3.8) is 0 Å². The molecule has 0 saturated carbocycles. The Hall–Kier alpha value is -1.95. The van der Waals surface area contributed by atoms with Crippen LogP contribution in [0.2, 0.25) is 0 Å². The summed E-state index contributed by atoms with van der Waals surface area (Å²) in [6, 6.07) is 3.55. The number of aromatic carboxylic acids is 1. The van der Waals surface area contributed by atoms with Crippen LogP contribution in [0.1, 0.15) is 40.6 Å². The number of rotatable bonds is 2. The molecule has 2 unspecified atom stereocenters. The van der Waals surface area contributed by atoms with Crippen LogP contribution in [0.15, 0.2) is 18.3 Å². The van der Waals surface area contributed by atoms with E-state index in [1.165, 1.54) is 24.8 Å². The van der Waals surface area contributed by atoms with E-state index in [0.717, 1.165) is 26.1 Å². The highest BCUT2D eigenvalue weighted by Gasteiger charge is 2.36. The summed E-state index contributed by atoms with van der Waals surface area (Å²) in [5.41, 5.74) is 0.415. The molecule has 1 aromatic heterocycles. The summed E-state index contributed by atoms with van der Waals surface area (Å²) in [5, 5.41) is 8.87. The minimum Gasteiger partial charge on any atom is -0.478 e. The van der Waals surface area contributed by atoms with Crippen LogP contribution in [0, 0.1) is 0 Å². The van der Waals surface area contributed by atoms with Gasteiger partial charge in [-0.05, 0) is 38.4 Å². The summed E-state index contributed by atoms with van der Waals surface area (Å²) in [4.78, 5) is 31.7. The second-order valence-corrected chi connectivity index (χ2v) is 5.83. The minimum atomic E-state index is -1.03. The van der Waals surface area contributed by atoms with Gasteiger partial charge in [0.1, 0.15) is 5.69 Å². The Kier molecular flexibility index (Phi) is 3.63. The Labute approximate surface area is 123 Å². The van der Waals surface area contributed by atoms with Crippen molar-refractivity contribution >= 4 is 11.9 Å². The van der Waals surface area contributed by atoms with Crippen LogP contribution in [-0.4, -0.2) is 63.5 Å². The quantitative estimate of drug-likeness (QED) is 0.882. The van der Waals surface area contributed by atoms with Gasteiger partial charge in [0.25, 0.3) is 5.91 Å². The summed E-state index contributed by atoms with van der Waals surface area (Å²) in [6.45, 7) is 4.83. The molecule has 1 aromatic rings. The summed E-state index contributed by atoms with van der Waals surface area (Å²) in [6.07, 6.45) is 3.58. The van der Waals surface area contributed by atoms with E-state index in [-0.39, 0.29) is 17.5 Å². The molecule has 2 fully saturated rings. The van der Waals surface area contributed by atoms with Crippen molar-refractivity contribution in [1.82, 2.24) is 14.8 Å². The van der Waals surface area contributed by atoms with E-state index < -0.39 is 5.97 Å². The fourth-order valence-electron chi connectivity index (χ4n) is 3.26. The normalized spacial score (nSPS) is 25.7. The van der Waals surface area contributed by atoms with Crippen LogP contribution in [0.25, 0.3) is 0 Å². The Morgan fingerprint density at radius 3 is 2.81 bits per heavy atom. The molecule has 0 bridgehead atoms. The fraction of sp³-hybridized carbons (Fsp3) is 0.533. The first-order valence-electron chi connectivity index (χ1n) is 7.30. The van der Waals surface area contributed by atoms with E-state index in [4.69, 9.17) is 5.11 Å². The summed E-state index contributed by atoms with van der Waals surface area (Å²) in [5.74, 6) is -1.14. The topological polar surface area (TPSA) is 73.7 Å². The average Bonchev–Trinajstić information content (AvgIpc) is 2.93. The Bertz CT molecular complexity index is 558. The van der Waals surface area contributed by atoms with Gasteiger partial charge in [-0.2, -0.15) is 0 Å². The van der Waals surface area contributed by atoms with Crippen LogP contribution < -0.4 is 0 Å². The van der Waals surface area contributed by atoms with E-state index in [0.29, 0.717) is 11.7 Å². The zero-order valence-corrected chi connectivity index (χ0v) is 12.0. The van der Waals surface area contributed by atoms with Gasteiger partial charge < -0.3 is 10.0 Å². The van der Waals surface area contributed by atoms with Crippen molar-refractivity contribution in [3.05, 3.63) is 29.6 Å². The maximum Gasteiger partial charge on any atom is 0.337 e. The summed E-state index contributed by atoms with van der Waals surface area (Å²) in [7, 11) is 0. The number of hydrogen-bond donors (Lipinski definition) is 1. The fourth-order valence-corrected chi connectivity index (χ4v) is 3.26. The first kappa shape index (κ1) is 14.0. The highest BCUT2D eigenvalue weighted by molar-refractivity contribution is 5.94. The molecule has 6 nitrogen and oxygen atoms in total. The number of amides is 1. The van der Waals surface area contributed by atoms with Crippen LogP contribution in [0.3, 0.4) is 0 Å². The maximum absolute atomic E-state index is 12.6. The standard InChI is InChI=1S/C15H19N3O3/c1-10-8-17-6-2-3-12(17)9-18(10)14(19)13-5-4-11(7-16-13)15(20)21/h4-5,7,10,12H,2-3,6,8-9H2,1H3,(H,20,21). The van der Waals surface area contributed by atoms with Gasteiger partial charge in [0, 0.05) is 31.4 Å². The number of nitrogens with zero attached hydrogens (tertiary/aromatic N) is 3. The first-order valence-corrected chi connectivity index (χ1v) is 7.30. The highest BCUT2D eigenvalue weighted by Crippen LogP contribution is 2.25. The van der Waals surface area contributed by atoms with Gasteiger partial charge in [-0.1, -0.05) is 0 Å². The van der Waals surface area contributed by atoms with Crippen molar-refractivity contribution in [2.24, 2.45) is 0 Å². The maximum atomic E-state index is 12.6. The number of carbonyl (C=O) groups is 2. The molecule has 2 aliphatic heterocycles. The third-order valence-electron chi connectivity index (χ3n) is 4.43. The van der Waals surface area contributed by atoms with Crippen LogP contribution >= 0.6 is 0 Å². The molecule has 2 aliphatic rings. The molecule has 0 spiro atoms. The van der Waals surface area contributed by atoms with E-state index in [9.17, 15) is 9.59 Å². The van der Waals surface area contributed by atoms with Crippen LogP contribution in [-0.2, 0) is 0 Å². The molecule has 112 valence electrons. The van der Waals surface area contributed by atoms with Crippen molar-refractivity contribution in [1.29, 1.82) is 0 Å². The molecular weight excluding hydrogens is 270 g/mol. The first-order chi connectivity index (χ1) is 10.1. The molecule has 3 rings (SSSR count). The van der Waals surface area contributed by atoms with E-state index in [2.05, 4.69) is 16.8 Å². The van der Waals surface area contributed by atoms with E-state index in [1.807, 2.05) is 4.90 Å². The number of carboxylic acids is 1. The average molecular weight is 289 g/mol. The second-order valence-electron chi connectivity index (χ2n) is 5.83. The SMILES string of the molecule is CC1CN2CCCC2CN1C(=O)c1ccc(C(=O)O)cn1. The lowest BCUT2D eigenvalue weighted by Crippen LogP contribution is -2.56. The molecule has 0 radical (unpaired) electrons. The third kappa shape index (κ3) is 2.63. The van der Waals surface area contributed by atoms with E-state index in [1.54, 1.807) is 0 Å². The number of aromatic nitrogens is 1. The number of pyridine rings is 1. The summed E-state index contributed by atoms with van der Waals surface area (Å²) < 4.78 is 0. The molecule has 21 heavy (non-hydrogen) atoms. The lowest BCUT2D eigenvalue weighted by Gasteiger charge is -2.42. The lowest BCUT2D eigenvalue weighted by molar-refractivity contribution is 0.0390. The minimum absolute atomic E-state index is 0.0974. The predicted molar refractivity (Wildman–Crippen MR) is 76.3 cm³/mol. The molecule has 0 aromatic carbocycles. The molecule has 2 saturated heterocycles. The van der Waals surface area contributed by atoms with Crippen molar-refractivity contribution < 1.29 is 14.7 Å². The van der Waals surface area contributed by atoms with Crippen LogP contribution in [0.5, 0.6) is 0 Å². The predicted octanol–water partition coefficient (Wildman–Crippen LogP) is 1.09. The molecule has 2 atom stereocenters. The summed E-state index contributed by atoms with van der Waals surface area (Å²) >= 11 is 0. The molecular formula is C15H19N3O3. The largest absolute Gasteiger partial charge is 0.478 e. The number of carbonyl (C=O) groups excluding carboxylic acids is 1. The number of hydrogen-bond acceptors (Lipinski definition) is 4. The number of piperazine rings is 1. The second kappa shape index (κ2) is 5.44. The van der Waals surface area contributed by atoms with Crippen LogP contribution in [0.4, 0.5) is 0 Å². The van der Waals surface area contributed by atoms with Gasteiger partial charge in [0.15, 0.2) is 0 Å². The lowest BCUT2D eigenvalue weighted by atomic mass is 10.1. The van der Waals surface area contributed by atoms with Gasteiger partial charge in [-0.15, -0.1) is 0 Å². The molecule has 6 heteroatoms.